The summed E-state index contributed by atoms with van der Waals surface area (Å²) in [6.07, 6.45) is 6.22. The summed E-state index contributed by atoms with van der Waals surface area (Å²) < 4.78 is 0. The second-order valence-corrected chi connectivity index (χ2v) is 10.8. The lowest BCUT2D eigenvalue weighted by Crippen LogP contribution is -2.40. The van der Waals surface area contributed by atoms with Gasteiger partial charge >= 0.3 is 0 Å². The number of rotatable bonds is 8. The van der Waals surface area contributed by atoms with Crippen LogP contribution in [-0.2, 0) is 4.79 Å². The molecule has 4 rings (SSSR count). The van der Waals surface area contributed by atoms with Gasteiger partial charge in [0.15, 0.2) is 5.78 Å². The van der Waals surface area contributed by atoms with Gasteiger partial charge in [0.2, 0.25) is 0 Å². The van der Waals surface area contributed by atoms with Crippen molar-refractivity contribution in [3.63, 3.8) is 0 Å². The van der Waals surface area contributed by atoms with Crippen LogP contribution >= 0.6 is 11.6 Å². The first-order valence-corrected chi connectivity index (χ1v) is 13.5. The van der Waals surface area contributed by atoms with Crippen LogP contribution < -0.4 is 4.90 Å². The number of hydrogen-bond donors (Lipinski definition) is 0. The number of aryl methyl sites for hydroxylation is 1. The fourth-order valence-corrected chi connectivity index (χ4v) is 5.38. The molecule has 3 aromatic rings. The summed E-state index contributed by atoms with van der Waals surface area (Å²) in [6.45, 7) is 6.24. The van der Waals surface area contributed by atoms with Gasteiger partial charge in [0.1, 0.15) is 6.04 Å². The second-order valence-electron chi connectivity index (χ2n) is 10.4. The number of hydrogen-bond acceptors (Lipinski definition) is 2. The minimum Gasteiger partial charge on any atom is -0.297 e. The van der Waals surface area contributed by atoms with E-state index in [1.165, 1.54) is 24.8 Å². The van der Waals surface area contributed by atoms with Crippen molar-refractivity contribution in [1.29, 1.82) is 0 Å². The number of amides is 1. The maximum Gasteiger partial charge on any atom is 0.259 e. The molecule has 1 amide bonds. The van der Waals surface area contributed by atoms with Gasteiger partial charge in [-0.1, -0.05) is 100 Å². The maximum atomic E-state index is 14.2. The molecule has 1 fully saturated rings. The third-order valence-electron chi connectivity index (χ3n) is 7.40. The normalized spacial score (nSPS) is 15.0. The highest BCUT2D eigenvalue weighted by molar-refractivity contribution is 6.30. The summed E-state index contributed by atoms with van der Waals surface area (Å²) in [4.78, 5) is 30.0. The van der Waals surface area contributed by atoms with E-state index in [0.717, 1.165) is 29.7 Å². The van der Waals surface area contributed by atoms with E-state index in [1.807, 2.05) is 55.5 Å². The van der Waals surface area contributed by atoms with Crippen molar-refractivity contribution in [3.8, 4) is 0 Å². The van der Waals surface area contributed by atoms with Crippen LogP contribution in [0.1, 0.15) is 91.4 Å². The van der Waals surface area contributed by atoms with Crippen molar-refractivity contribution in [2.75, 3.05) is 4.90 Å². The Hall–Kier alpha value is -2.91. The molecule has 0 aromatic heterocycles. The molecule has 3 aromatic carbocycles. The molecule has 3 nitrogen and oxygen atoms in total. The van der Waals surface area contributed by atoms with E-state index in [-0.39, 0.29) is 11.7 Å². The molecular formula is C32H36ClNO2. The number of Topliss-reactive ketones (excluding diaryl/α,β-unsaturated/α-hetero) is 1. The Morgan fingerprint density at radius 1 is 0.861 bits per heavy atom. The van der Waals surface area contributed by atoms with Gasteiger partial charge in [0, 0.05) is 22.7 Å². The number of benzene rings is 3. The second kappa shape index (κ2) is 11.9. The van der Waals surface area contributed by atoms with E-state index < -0.39 is 6.04 Å². The molecular weight excluding hydrogens is 466 g/mol. The number of halogens is 1. The summed E-state index contributed by atoms with van der Waals surface area (Å²) in [5, 5.41) is 0.607. The molecule has 1 atom stereocenters. The molecule has 0 heterocycles. The van der Waals surface area contributed by atoms with Gasteiger partial charge in [0.25, 0.3) is 5.91 Å². The third kappa shape index (κ3) is 6.07. The number of carbonyl (C=O) groups excluding carboxylic acids is 2. The van der Waals surface area contributed by atoms with E-state index in [4.69, 9.17) is 11.6 Å². The summed E-state index contributed by atoms with van der Waals surface area (Å²) in [5.41, 5.74) is 4.20. The number of carbonyl (C=O) groups is 2. The van der Waals surface area contributed by atoms with Crippen molar-refractivity contribution in [2.45, 2.75) is 71.3 Å². The number of anilines is 1. The summed E-state index contributed by atoms with van der Waals surface area (Å²) in [7, 11) is 0. The van der Waals surface area contributed by atoms with E-state index in [2.05, 4.69) is 26.0 Å². The maximum absolute atomic E-state index is 14.2. The quantitative estimate of drug-likeness (QED) is 0.309. The van der Waals surface area contributed by atoms with Crippen LogP contribution in [0.4, 0.5) is 5.69 Å². The molecule has 0 N–H and O–H groups in total. The van der Waals surface area contributed by atoms with Crippen molar-refractivity contribution < 1.29 is 9.59 Å². The molecule has 1 aliphatic rings. The standard InChI is InChI=1S/C32H36ClNO2/c1-22(2)25-15-19-28(20-16-25)34(32(36)29-12-8-7-9-23(29)3)31(26-13-17-27(33)18-14-26)30(35)21-24-10-5-4-6-11-24/h7-9,12-20,22,24,31H,4-6,10-11,21H2,1-3H3. The number of ketones is 1. The average molecular weight is 502 g/mol. The molecule has 0 bridgehead atoms. The molecule has 0 spiro atoms. The molecule has 1 unspecified atom stereocenters. The van der Waals surface area contributed by atoms with Gasteiger partial charge < -0.3 is 0 Å². The first-order chi connectivity index (χ1) is 17.3. The Morgan fingerprint density at radius 3 is 2.08 bits per heavy atom. The van der Waals surface area contributed by atoms with Gasteiger partial charge in [0.05, 0.1) is 0 Å². The van der Waals surface area contributed by atoms with Gasteiger partial charge in [-0.15, -0.1) is 0 Å². The average Bonchev–Trinajstić information content (AvgIpc) is 2.88. The van der Waals surface area contributed by atoms with Crippen LogP contribution in [0.3, 0.4) is 0 Å². The van der Waals surface area contributed by atoms with E-state index in [0.29, 0.717) is 28.8 Å². The van der Waals surface area contributed by atoms with Crippen LogP contribution in [0.25, 0.3) is 0 Å². The Bertz CT molecular complexity index is 1180. The zero-order chi connectivity index (χ0) is 25.7. The van der Waals surface area contributed by atoms with E-state index >= 15 is 0 Å². The minimum absolute atomic E-state index is 0.0825. The topological polar surface area (TPSA) is 37.4 Å². The zero-order valence-corrected chi connectivity index (χ0v) is 22.3. The summed E-state index contributed by atoms with van der Waals surface area (Å²) in [6, 6.07) is 22.3. The van der Waals surface area contributed by atoms with Crippen LogP contribution in [0.2, 0.25) is 5.02 Å². The Morgan fingerprint density at radius 2 is 1.47 bits per heavy atom. The smallest absolute Gasteiger partial charge is 0.259 e. The SMILES string of the molecule is Cc1ccccc1C(=O)N(c1ccc(C(C)C)cc1)C(C(=O)CC1CCCCC1)c1ccc(Cl)cc1. The fourth-order valence-electron chi connectivity index (χ4n) is 5.26. The van der Waals surface area contributed by atoms with Crippen LogP contribution in [0, 0.1) is 12.8 Å². The highest BCUT2D eigenvalue weighted by atomic mass is 35.5. The van der Waals surface area contributed by atoms with Crippen molar-refractivity contribution in [3.05, 3.63) is 100 Å². The third-order valence-corrected chi connectivity index (χ3v) is 7.65. The largest absolute Gasteiger partial charge is 0.297 e. The van der Waals surface area contributed by atoms with Gasteiger partial charge in [-0.25, -0.2) is 0 Å². The fraction of sp³-hybridized carbons (Fsp3) is 0.375. The van der Waals surface area contributed by atoms with E-state index in [9.17, 15) is 9.59 Å². The molecule has 1 aliphatic carbocycles. The predicted octanol–water partition coefficient (Wildman–Crippen LogP) is 8.70. The first kappa shape index (κ1) is 26.2. The molecule has 188 valence electrons. The Balaban J connectivity index is 1.82. The Labute approximate surface area is 220 Å². The van der Waals surface area contributed by atoms with Gasteiger partial charge in [-0.3, -0.25) is 14.5 Å². The van der Waals surface area contributed by atoms with Crippen molar-refractivity contribution >= 4 is 29.0 Å². The predicted molar refractivity (Wildman–Crippen MR) is 149 cm³/mol. The van der Waals surface area contributed by atoms with Crippen LogP contribution in [0.5, 0.6) is 0 Å². The monoisotopic (exact) mass is 501 g/mol. The van der Waals surface area contributed by atoms with Crippen LogP contribution in [-0.4, -0.2) is 11.7 Å². The highest BCUT2D eigenvalue weighted by Crippen LogP contribution is 2.36. The number of nitrogens with zero attached hydrogens (tertiary/aromatic N) is 1. The molecule has 0 aliphatic heterocycles. The molecule has 1 saturated carbocycles. The van der Waals surface area contributed by atoms with Crippen molar-refractivity contribution in [1.82, 2.24) is 0 Å². The Kier molecular flexibility index (Phi) is 8.64. The lowest BCUT2D eigenvalue weighted by molar-refractivity contribution is -0.121. The van der Waals surface area contributed by atoms with Crippen LogP contribution in [0.15, 0.2) is 72.8 Å². The van der Waals surface area contributed by atoms with Crippen molar-refractivity contribution in [2.24, 2.45) is 5.92 Å². The molecule has 36 heavy (non-hydrogen) atoms. The molecule has 0 saturated heterocycles. The zero-order valence-electron chi connectivity index (χ0n) is 21.5. The summed E-state index contributed by atoms with van der Waals surface area (Å²) >= 11 is 6.21. The van der Waals surface area contributed by atoms with Gasteiger partial charge in [-0.2, -0.15) is 0 Å². The summed E-state index contributed by atoms with van der Waals surface area (Å²) in [5.74, 6) is 0.667. The minimum atomic E-state index is -0.721. The first-order valence-electron chi connectivity index (χ1n) is 13.1. The van der Waals surface area contributed by atoms with E-state index in [1.54, 1.807) is 17.0 Å². The molecule has 0 radical (unpaired) electrons. The van der Waals surface area contributed by atoms with Gasteiger partial charge in [-0.05, 0) is 65.8 Å². The lowest BCUT2D eigenvalue weighted by Gasteiger charge is -2.33. The highest BCUT2D eigenvalue weighted by Gasteiger charge is 2.35. The lowest BCUT2D eigenvalue weighted by atomic mass is 9.83. The molecule has 4 heteroatoms.